The zero-order chi connectivity index (χ0) is 13.8. The van der Waals surface area contributed by atoms with Crippen molar-refractivity contribution in [3.63, 3.8) is 0 Å². The van der Waals surface area contributed by atoms with Gasteiger partial charge in [-0.3, -0.25) is 0 Å². The van der Waals surface area contributed by atoms with Gasteiger partial charge in [0.25, 0.3) is 0 Å². The Hall–Kier alpha value is -2.50. The number of rotatable bonds is 5. The third-order valence-corrected chi connectivity index (χ3v) is 2.66. The van der Waals surface area contributed by atoms with E-state index in [-0.39, 0.29) is 5.69 Å². The minimum atomic E-state index is -1.10. The minimum absolute atomic E-state index is 0.0942. The fraction of sp³-hybridized carbons (Fsp3) is 0.231. The molecular formula is C13H14N2O4. The van der Waals surface area contributed by atoms with E-state index < -0.39 is 5.97 Å². The van der Waals surface area contributed by atoms with Crippen molar-refractivity contribution < 1.29 is 19.2 Å². The molecule has 1 aromatic carbocycles. The molecule has 2 rings (SSSR count). The first-order valence-corrected chi connectivity index (χ1v) is 5.67. The van der Waals surface area contributed by atoms with Crippen LogP contribution in [0.4, 0.5) is 5.69 Å². The van der Waals surface area contributed by atoms with Crippen molar-refractivity contribution in [1.29, 1.82) is 0 Å². The number of carboxylic acids is 1. The molecule has 0 amide bonds. The SMILES string of the molecule is COc1ccc(NCc2cc(C(=O)O)no2)c(C)c1. The van der Waals surface area contributed by atoms with E-state index in [2.05, 4.69) is 10.5 Å². The number of aromatic carboxylic acids is 1. The monoisotopic (exact) mass is 262 g/mol. The van der Waals surface area contributed by atoms with Gasteiger partial charge >= 0.3 is 5.97 Å². The summed E-state index contributed by atoms with van der Waals surface area (Å²) in [6.07, 6.45) is 0. The molecule has 0 fully saturated rings. The smallest absolute Gasteiger partial charge is 0.358 e. The van der Waals surface area contributed by atoms with Crippen molar-refractivity contribution in [2.45, 2.75) is 13.5 Å². The highest BCUT2D eigenvalue weighted by molar-refractivity contribution is 5.85. The molecule has 100 valence electrons. The highest BCUT2D eigenvalue weighted by atomic mass is 16.5. The Bertz CT molecular complexity index is 592. The summed E-state index contributed by atoms with van der Waals surface area (Å²) >= 11 is 0. The van der Waals surface area contributed by atoms with Crippen LogP contribution in [-0.4, -0.2) is 23.3 Å². The van der Waals surface area contributed by atoms with Crippen molar-refractivity contribution in [2.24, 2.45) is 0 Å². The number of carbonyl (C=O) groups is 1. The second-order valence-corrected chi connectivity index (χ2v) is 4.02. The van der Waals surface area contributed by atoms with Crippen LogP contribution in [0.5, 0.6) is 5.75 Å². The summed E-state index contributed by atoms with van der Waals surface area (Å²) in [6.45, 7) is 2.32. The van der Waals surface area contributed by atoms with Crippen LogP contribution in [0.1, 0.15) is 21.8 Å². The Morgan fingerprint density at radius 3 is 2.84 bits per heavy atom. The second kappa shape index (κ2) is 5.43. The van der Waals surface area contributed by atoms with E-state index in [1.165, 1.54) is 6.07 Å². The van der Waals surface area contributed by atoms with E-state index in [0.29, 0.717) is 12.3 Å². The van der Waals surface area contributed by atoms with Crippen LogP contribution < -0.4 is 10.1 Å². The lowest BCUT2D eigenvalue weighted by molar-refractivity contribution is 0.0685. The van der Waals surface area contributed by atoms with E-state index in [0.717, 1.165) is 17.0 Å². The number of carboxylic acid groups (broad SMARTS) is 1. The largest absolute Gasteiger partial charge is 0.497 e. The van der Waals surface area contributed by atoms with E-state index in [4.69, 9.17) is 14.4 Å². The quantitative estimate of drug-likeness (QED) is 0.860. The van der Waals surface area contributed by atoms with Gasteiger partial charge in [0, 0.05) is 11.8 Å². The van der Waals surface area contributed by atoms with Gasteiger partial charge in [0.2, 0.25) is 0 Å². The third kappa shape index (κ3) is 3.04. The predicted molar refractivity (Wildman–Crippen MR) is 68.5 cm³/mol. The summed E-state index contributed by atoms with van der Waals surface area (Å²) in [5.74, 6) is 0.152. The number of aryl methyl sites for hydroxylation is 1. The Morgan fingerprint density at radius 2 is 2.26 bits per heavy atom. The van der Waals surface area contributed by atoms with Crippen LogP contribution in [0, 0.1) is 6.92 Å². The van der Waals surface area contributed by atoms with Crippen molar-refractivity contribution in [1.82, 2.24) is 5.16 Å². The third-order valence-electron chi connectivity index (χ3n) is 2.66. The Labute approximate surface area is 110 Å². The average Bonchev–Trinajstić information content (AvgIpc) is 2.86. The Kier molecular flexibility index (Phi) is 3.70. The molecule has 6 heteroatoms. The molecule has 0 atom stereocenters. The molecule has 19 heavy (non-hydrogen) atoms. The fourth-order valence-electron chi connectivity index (χ4n) is 1.64. The molecule has 2 aromatic rings. The summed E-state index contributed by atoms with van der Waals surface area (Å²) in [4.78, 5) is 10.7. The van der Waals surface area contributed by atoms with Crippen molar-refractivity contribution in [3.8, 4) is 5.75 Å². The Morgan fingerprint density at radius 1 is 1.47 bits per heavy atom. The maximum Gasteiger partial charge on any atom is 0.358 e. The van der Waals surface area contributed by atoms with Gasteiger partial charge < -0.3 is 19.7 Å². The van der Waals surface area contributed by atoms with Gasteiger partial charge in [-0.25, -0.2) is 4.79 Å². The Balaban J connectivity index is 2.03. The molecule has 0 unspecified atom stereocenters. The first-order valence-electron chi connectivity index (χ1n) is 5.67. The molecule has 0 aliphatic heterocycles. The normalized spacial score (nSPS) is 10.2. The summed E-state index contributed by atoms with van der Waals surface area (Å²) < 4.78 is 10.0. The molecule has 1 aromatic heterocycles. The minimum Gasteiger partial charge on any atom is -0.497 e. The lowest BCUT2D eigenvalue weighted by atomic mass is 10.2. The van der Waals surface area contributed by atoms with Gasteiger partial charge in [0.15, 0.2) is 11.5 Å². The number of methoxy groups -OCH3 is 1. The lowest BCUT2D eigenvalue weighted by Crippen LogP contribution is -2.00. The second-order valence-electron chi connectivity index (χ2n) is 4.02. The predicted octanol–water partition coefficient (Wildman–Crippen LogP) is 2.30. The summed E-state index contributed by atoms with van der Waals surface area (Å²) in [5, 5.41) is 15.3. The number of hydrogen-bond acceptors (Lipinski definition) is 5. The van der Waals surface area contributed by atoms with Crippen LogP contribution >= 0.6 is 0 Å². The number of aromatic nitrogens is 1. The van der Waals surface area contributed by atoms with Gasteiger partial charge in [-0.05, 0) is 30.7 Å². The number of nitrogens with one attached hydrogen (secondary N) is 1. The van der Waals surface area contributed by atoms with Crippen LogP contribution in [0.25, 0.3) is 0 Å². The lowest BCUT2D eigenvalue weighted by Gasteiger charge is -2.09. The van der Waals surface area contributed by atoms with E-state index >= 15 is 0 Å². The molecule has 0 saturated heterocycles. The van der Waals surface area contributed by atoms with E-state index in [9.17, 15) is 4.79 Å². The van der Waals surface area contributed by atoms with Crippen molar-refractivity contribution >= 4 is 11.7 Å². The molecule has 0 aliphatic rings. The topological polar surface area (TPSA) is 84.6 Å². The van der Waals surface area contributed by atoms with E-state index in [1.807, 2.05) is 25.1 Å². The van der Waals surface area contributed by atoms with Crippen LogP contribution in [-0.2, 0) is 6.54 Å². The van der Waals surface area contributed by atoms with Crippen LogP contribution in [0.2, 0.25) is 0 Å². The number of hydrogen-bond donors (Lipinski definition) is 2. The highest BCUT2D eigenvalue weighted by Crippen LogP contribution is 2.21. The summed E-state index contributed by atoms with van der Waals surface area (Å²) in [5.41, 5.74) is 1.86. The van der Waals surface area contributed by atoms with Crippen molar-refractivity contribution in [2.75, 3.05) is 12.4 Å². The molecular weight excluding hydrogens is 248 g/mol. The number of nitrogens with zero attached hydrogens (tertiary/aromatic N) is 1. The maximum atomic E-state index is 10.7. The van der Waals surface area contributed by atoms with Gasteiger partial charge in [-0.1, -0.05) is 5.16 Å². The molecule has 6 nitrogen and oxygen atoms in total. The highest BCUT2D eigenvalue weighted by Gasteiger charge is 2.10. The van der Waals surface area contributed by atoms with Gasteiger partial charge in [0.05, 0.1) is 13.7 Å². The molecule has 0 bridgehead atoms. The van der Waals surface area contributed by atoms with Crippen LogP contribution in [0.15, 0.2) is 28.8 Å². The average molecular weight is 262 g/mol. The van der Waals surface area contributed by atoms with Gasteiger partial charge in [0.1, 0.15) is 5.75 Å². The first kappa shape index (κ1) is 12.9. The van der Waals surface area contributed by atoms with Crippen LogP contribution in [0.3, 0.4) is 0 Å². The summed E-state index contributed by atoms with van der Waals surface area (Å²) in [6, 6.07) is 7.04. The first-order chi connectivity index (χ1) is 9.10. The molecule has 0 saturated carbocycles. The molecule has 1 heterocycles. The fourth-order valence-corrected chi connectivity index (χ4v) is 1.64. The molecule has 0 radical (unpaired) electrons. The van der Waals surface area contributed by atoms with Crippen molar-refractivity contribution in [3.05, 3.63) is 41.3 Å². The standard InChI is InChI=1S/C13H14N2O4/c1-8-5-9(18-2)3-4-11(8)14-7-10-6-12(13(16)17)15-19-10/h3-6,14H,7H2,1-2H3,(H,16,17). The number of anilines is 1. The van der Waals surface area contributed by atoms with Gasteiger partial charge in [-0.15, -0.1) is 0 Å². The molecule has 0 spiro atoms. The number of benzene rings is 1. The number of ether oxygens (including phenoxy) is 1. The molecule has 0 aliphatic carbocycles. The zero-order valence-corrected chi connectivity index (χ0v) is 10.6. The van der Waals surface area contributed by atoms with E-state index in [1.54, 1.807) is 7.11 Å². The summed E-state index contributed by atoms with van der Waals surface area (Å²) in [7, 11) is 1.61. The molecule has 2 N–H and O–H groups in total. The zero-order valence-electron chi connectivity index (χ0n) is 10.6. The van der Waals surface area contributed by atoms with Gasteiger partial charge in [-0.2, -0.15) is 0 Å². The maximum absolute atomic E-state index is 10.7.